The van der Waals surface area contributed by atoms with Crippen molar-refractivity contribution in [3.8, 4) is 10.6 Å². The molecule has 3 aromatic rings. The fraction of sp³-hybridized carbons (Fsp3) is 0.150. The van der Waals surface area contributed by atoms with Crippen LogP contribution in [0, 0.1) is 18.6 Å². The van der Waals surface area contributed by atoms with Gasteiger partial charge in [0.2, 0.25) is 0 Å². The van der Waals surface area contributed by atoms with Crippen LogP contribution in [0.5, 0.6) is 0 Å². The highest BCUT2D eigenvalue weighted by molar-refractivity contribution is 7.13. The zero-order valence-electron chi connectivity index (χ0n) is 14.9. The van der Waals surface area contributed by atoms with Crippen LogP contribution < -0.4 is 5.32 Å². The van der Waals surface area contributed by atoms with Crippen molar-refractivity contribution < 1.29 is 23.1 Å². The van der Waals surface area contributed by atoms with Gasteiger partial charge in [-0.3, -0.25) is 9.59 Å². The Kier molecular flexibility index (Phi) is 6.10. The second-order valence-corrected chi connectivity index (χ2v) is 6.88. The van der Waals surface area contributed by atoms with Crippen LogP contribution in [0.15, 0.2) is 47.8 Å². The Bertz CT molecular complexity index is 1000. The van der Waals surface area contributed by atoms with Gasteiger partial charge in [0.1, 0.15) is 16.6 Å². The largest absolute Gasteiger partial charge is 0.455 e. The molecule has 1 aromatic heterocycles. The fourth-order valence-electron chi connectivity index (χ4n) is 2.34. The molecule has 0 aliphatic carbocycles. The second-order valence-electron chi connectivity index (χ2n) is 6.02. The van der Waals surface area contributed by atoms with E-state index in [1.54, 1.807) is 5.38 Å². The van der Waals surface area contributed by atoms with E-state index in [0.29, 0.717) is 11.8 Å². The number of esters is 1. The minimum atomic E-state index is -0.911. The van der Waals surface area contributed by atoms with Gasteiger partial charge in [0.15, 0.2) is 6.61 Å². The number of nitrogens with zero attached hydrogens (tertiary/aromatic N) is 1. The number of carbonyl (C=O) groups excluding carboxylic acids is 2. The van der Waals surface area contributed by atoms with Crippen molar-refractivity contribution >= 4 is 28.9 Å². The first-order valence-corrected chi connectivity index (χ1v) is 9.20. The first-order chi connectivity index (χ1) is 13.4. The van der Waals surface area contributed by atoms with Gasteiger partial charge in [0.25, 0.3) is 5.91 Å². The molecule has 0 atom stereocenters. The van der Waals surface area contributed by atoms with Crippen molar-refractivity contribution in [1.29, 1.82) is 0 Å². The Morgan fingerprint density at radius 2 is 1.89 bits per heavy atom. The summed E-state index contributed by atoms with van der Waals surface area (Å²) >= 11 is 1.41. The van der Waals surface area contributed by atoms with Crippen molar-refractivity contribution in [2.24, 2.45) is 0 Å². The summed E-state index contributed by atoms with van der Waals surface area (Å²) in [5.74, 6) is -3.02. The highest BCUT2D eigenvalue weighted by atomic mass is 32.1. The van der Waals surface area contributed by atoms with Gasteiger partial charge in [-0.25, -0.2) is 13.8 Å². The molecule has 0 aliphatic rings. The van der Waals surface area contributed by atoms with E-state index in [0.717, 1.165) is 28.3 Å². The predicted octanol–water partition coefficient (Wildman–Crippen LogP) is 4.12. The number of amides is 1. The van der Waals surface area contributed by atoms with Crippen LogP contribution in [0.1, 0.15) is 11.3 Å². The summed E-state index contributed by atoms with van der Waals surface area (Å²) in [5, 5.41) is 4.75. The highest BCUT2D eigenvalue weighted by Gasteiger charge is 2.13. The SMILES string of the molecule is Cc1ccc(-c2nc(CC(=O)OCC(=O)Nc3ccc(F)cc3F)cs2)cc1. The van der Waals surface area contributed by atoms with Crippen molar-refractivity contribution in [3.05, 3.63) is 70.7 Å². The molecule has 1 heterocycles. The van der Waals surface area contributed by atoms with Gasteiger partial charge >= 0.3 is 5.97 Å². The van der Waals surface area contributed by atoms with E-state index in [1.165, 1.54) is 11.3 Å². The Morgan fingerprint density at radius 1 is 1.14 bits per heavy atom. The molecule has 0 saturated carbocycles. The topological polar surface area (TPSA) is 68.3 Å². The molecule has 1 amide bonds. The van der Waals surface area contributed by atoms with Crippen molar-refractivity contribution in [1.82, 2.24) is 4.98 Å². The van der Waals surface area contributed by atoms with E-state index in [1.807, 2.05) is 31.2 Å². The van der Waals surface area contributed by atoms with E-state index >= 15 is 0 Å². The Morgan fingerprint density at radius 3 is 2.61 bits per heavy atom. The van der Waals surface area contributed by atoms with Gasteiger partial charge < -0.3 is 10.1 Å². The van der Waals surface area contributed by atoms with Crippen molar-refractivity contribution in [2.75, 3.05) is 11.9 Å². The zero-order chi connectivity index (χ0) is 20.1. The molecule has 28 heavy (non-hydrogen) atoms. The molecule has 2 aromatic carbocycles. The summed E-state index contributed by atoms with van der Waals surface area (Å²) in [6.07, 6.45) is -0.0828. The molecule has 5 nitrogen and oxygen atoms in total. The standard InChI is InChI=1S/C20H16F2N2O3S/c1-12-2-4-13(5-3-12)20-23-15(11-28-20)9-19(26)27-10-18(25)24-17-7-6-14(21)8-16(17)22/h2-8,11H,9-10H2,1H3,(H,24,25). The molecule has 1 N–H and O–H groups in total. The summed E-state index contributed by atoms with van der Waals surface area (Å²) in [7, 11) is 0. The van der Waals surface area contributed by atoms with E-state index in [9.17, 15) is 18.4 Å². The maximum Gasteiger partial charge on any atom is 0.312 e. The van der Waals surface area contributed by atoms with Gasteiger partial charge in [-0.15, -0.1) is 11.3 Å². The number of carbonyl (C=O) groups is 2. The molecule has 0 radical (unpaired) electrons. The molecular formula is C20H16F2N2O3S. The van der Waals surface area contributed by atoms with Crippen LogP contribution in [0.2, 0.25) is 0 Å². The number of aromatic nitrogens is 1. The highest BCUT2D eigenvalue weighted by Crippen LogP contribution is 2.24. The molecule has 8 heteroatoms. The number of anilines is 1. The summed E-state index contributed by atoms with van der Waals surface area (Å²) in [4.78, 5) is 28.1. The second kappa shape index (κ2) is 8.71. The van der Waals surface area contributed by atoms with E-state index in [-0.39, 0.29) is 12.1 Å². The molecule has 144 valence electrons. The summed E-state index contributed by atoms with van der Waals surface area (Å²) < 4.78 is 31.2. The van der Waals surface area contributed by atoms with Gasteiger partial charge in [-0.2, -0.15) is 0 Å². The smallest absolute Gasteiger partial charge is 0.312 e. The predicted molar refractivity (Wildman–Crippen MR) is 102 cm³/mol. The third kappa shape index (κ3) is 5.20. The quantitative estimate of drug-likeness (QED) is 0.630. The minimum absolute atomic E-state index is 0.0828. The molecule has 0 fully saturated rings. The van der Waals surface area contributed by atoms with Crippen LogP contribution in [-0.4, -0.2) is 23.5 Å². The van der Waals surface area contributed by atoms with Crippen molar-refractivity contribution in [3.63, 3.8) is 0 Å². The molecule has 0 aliphatic heterocycles. The van der Waals surface area contributed by atoms with E-state index < -0.39 is 30.1 Å². The number of benzene rings is 2. The molecule has 3 rings (SSSR count). The lowest BCUT2D eigenvalue weighted by molar-refractivity contribution is -0.146. The van der Waals surface area contributed by atoms with Gasteiger partial charge in [-0.1, -0.05) is 29.8 Å². The zero-order valence-corrected chi connectivity index (χ0v) is 15.7. The molecule has 0 spiro atoms. The third-order valence-electron chi connectivity index (χ3n) is 3.75. The minimum Gasteiger partial charge on any atom is -0.455 e. The third-order valence-corrected chi connectivity index (χ3v) is 4.69. The maximum absolute atomic E-state index is 13.5. The Hall–Kier alpha value is -3.13. The average molecular weight is 402 g/mol. The van der Waals surface area contributed by atoms with Crippen molar-refractivity contribution in [2.45, 2.75) is 13.3 Å². The molecule has 0 bridgehead atoms. The fourth-order valence-corrected chi connectivity index (χ4v) is 3.16. The normalized spacial score (nSPS) is 10.5. The van der Waals surface area contributed by atoms with Crippen LogP contribution in [-0.2, 0) is 20.7 Å². The lowest BCUT2D eigenvalue weighted by Gasteiger charge is -2.07. The number of nitrogens with one attached hydrogen (secondary N) is 1. The molecule has 0 saturated heterocycles. The number of rotatable bonds is 6. The summed E-state index contributed by atoms with van der Waals surface area (Å²) in [6, 6.07) is 10.6. The van der Waals surface area contributed by atoms with Gasteiger partial charge in [0.05, 0.1) is 17.8 Å². The summed E-state index contributed by atoms with van der Waals surface area (Å²) in [6.45, 7) is 1.41. The Balaban J connectivity index is 1.50. The number of aryl methyl sites for hydroxylation is 1. The number of hydrogen-bond acceptors (Lipinski definition) is 5. The number of ether oxygens (including phenoxy) is 1. The van der Waals surface area contributed by atoms with E-state index in [2.05, 4.69) is 10.3 Å². The van der Waals surface area contributed by atoms with Gasteiger partial charge in [0, 0.05) is 17.0 Å². The van der Waals surface area contributed by atoms with Gasteiger partial charge in [-0.05, 0) is 19.1 Å². The van der Waals surface area contributed by atoms with Crippen LogP contribution in [0.25, 0.3) is 10.6 Å². The lowest BCUT2D eigenvalue weighted by atomic mass is 10.2. The summed E-state index contributed by atoms with van der Waals surface area (Å²) in [5.41, 5.74) is 2.44. The monoisotopic (exact) mass is 402 g/mol. The molecule has 0 unspecified atom stereocenters. The first-order valence-electron chi connectivity index (χ1n) is 8.32. The average Bonchev–Trinajstić information content (AvgIpc) is 3.11. The maximum atomic E-state index is 13.5. The number of halogens is 2. The first kappa shape index (κ1) is 19.6. The number of thiazole rings is 1. The lowest BCUT2D eigenvalue weighted by Crippen LogP contribution is -2.22. The van der Waals surface area contributed by atoms with Crippen LogP contribution in [0.4, 0.5) is 14.5 Å². The van der Waals surface area contributed by atoms with Crippen LogP contribution >= 0.6 is 11.3 Å². The number of hydrogen-bond donors (Lipinski definition) is 1. The molecular weight excluding hydrogens is 386 g/mol. The van der Waals surface area contributed by atoms with Crippen LogP contribution in [0.3, 0.4) is 0 Å². The Labute approximate surface area is 164 Å². The van der Waals surface area contributed by atoms with E-state index in [4.69, 9.17) is 4.74 Å².